The number of rotatable bonds is 3. The molecule has 2 fully saturated rings. The summed E-state index contributed by atoms with van der Waals surface area (Å²) in [5, 5.41) is 3.85. The Hall–Kier alpha value is -0.810. The third-order valence-electron chi connectivity index (χ3n) is 4.48. The minimum Gasteiger partial charge on any atom is -0.380 e. The first kappa shape index (κ1) is 16.1. The molecule has 6 heteroatoms. The number of piperidine rings is 1. The van der Waals surface area contributed by atoms with Gasteiger partial charge in [0.1, 0.15) is 0 Å². The van der Waals surface area contributed by atoms with Crippen LogP contribution in [0.2, 0.25) is 10.0 Å². The monoisotopic (exact) mass is 342 g/mol. The lowest BCUT2D eigenvalue weighted by atomic mass is 10.0. The summed E-state index contributed by atoms with van der Waals surface area (Å²) < 4.78 is 5.45. The molecule has 4 nitrogen and oxygen atoms in total. The molecule has 0 aromatic heterocycles. The highest BCUT2D eigenvalue weighted by atomic mass is 35.5. The second-order valence-corrected chi connectivity index (χ2v) is 6.71. The molecule has 1 atom stereocenters. The van der Waals surface area contributed by atoms with E-state index in [9.17, 15) is 4.79 Å². The second kappa shape index (κ2) is 7.18. The van der Waals surface area contributed by atoms with Crippen LogP contribution in [0.3, 0.4) is 0 Å². The molecule has 0 aliphatic carbocycles. The van der Waals surface area contributed by atoms with Gasteiger partial charge in [-0.15, -0.1) is 0 Å². The average Bonchev–Trinajstić information content (AvgIpc) is 3.02. The molecule has 2 aliphatic heterocycles. The molecule has 0 saturated carbocycles. The van der Waals surface area contributed by atoms with Crippen molar-refractivity contribution in [3.63, 3.8) is 0 Å². The number of halogens is 2. The molecule has 3 rings (SSSR count). The number of amides is 1. The highest BCUT2D eigenvalue weighted by molar-refractivity contribution is 6.39. The van der Waals surface area contributed by atoms with Crippen LogP contribution >= 0.6 is 23.2 Å². The summed E-state index contributed by atoms with van der Waals surface area (Å²) in [4.78, 5) is 14.8. The van der Waals surface area contributed by atoms with E-state index in [0.717, 1.165) is 45.6 Å². The number of hydrogen-bond donors (Lipinski definition) is 1. The van der Waals surface area contributed by atoms with Crippen LogP contribution in [-0.2, 0) is 4.74 Å². The Morgan fingerprint density at radius 2 is 1.86 bits per heavy atom. The molecule has 0 radical (unpaired) electrons. The van der Waals surface area contributed by atoms with Gasteiger partial charge in [-0.1, -0.05) is 29.3 Å². The average molecular weight is 343 g/mol. The Bertz CT molecular complexity index is 519. The fraction of sp³-hybridized carbons (Fsp3) is 0.562. The van der Waals surface area contributed by atoms with Gasteiger partial charge in [-0.25, -0.2) is 0 Å². The summed E-state index contributed by atoms with van der Waals surface area (Å²) in [6.07, 6.45) is 3.01. The summed E-state index contributed by atoms with van der Waals surface area (Å²) in [6, 6.07) is 5.84. The molecular weight excluding hydrogens is 323 g/mol. The minimum absolute atomic E-state index is 0.179. The Morgan fingerprint density at radius 3 is 2.45 bits per heavy atom. The van der Waals surface area contributed by atoms with Crippen molar-refractivity contribution in [1.82, 2.24) is 10.2 Å². The van der Waals surface area contributed by atoms with Gasteiger partial charge in [0.05, 0.1) is 22.2 Å². The fourth-order valence-corrected chi connectivity index (χ4v) is 3.76. The molecule has 2 aliphatic rings. The van der Waals surface area contributed by atoms with Gasteiger partial charge in [0.2, 0.25) is 0 Å². The van der Waals surface area contributed by atoms with Gasteiger partial charge in [-0.3, -0.25) is 9.69 Å². The van der Waals surface area contributed by atoms with Crippen molar-refractivity contribution in [3.8, 4) is 0 Å². The largest absolute Gasteiger partial charge is 0.380 e. The first-order valence-corrected chi connectivity index (χ1v) is 8.47. The molecule has 1 aromatic carbocycles. The molecule has 0 bridgehead atoms. The highest BCUT2D eigenvalue weighted by Crippen LogP contribution is 2.25. The number of carbonyl (C=O) groups excluding carboxylic acids is 1. The van der Waals surface area contributed by atoms with Crippen LogP contribution in [0.1, 0.15) is 29.6 Å². The van der Waals surface area contributed by atoms with Crippen LogP contribution in [-0.4, -0.2) is 49.2 Å². The van der Waals surface area contributed by atoms with Gasteiger partial charge in [0.25, 0.3) is 5.91 Å². The Balaban J connectivity index is 1.55. The summed E-state index contributed by atoms with van der Waals surface area (Å²) in [5.41, 5.74) is 0.373. The molecule has 2 heterocycles. The lowest BCUT2D eigenvalue weighted by molar-refractivity contribution is 0.0875. The zero-order chi connectivity index (χ0) is 15.5. The zero-order valence-electron chi connectivity index (χ0n) is 12.4. The van der Waals surface area contributed by atoms with Crippen molar-refractivity contribution in [3.05, 3.63) is 33.8 Å². The zero-order valence-corrected chi connectivity index (χ0v) is 13.9. The van der Waals surface area contributed by atoms with Crippen molar-refractivity contribution < 1.29 is 9.53 Å². The first-order valence-electron chi connectivity index (χ1n) is 7.72. The van der Waals surface area contributed by atoms with E-state index in [4.69, 9.17) is 27.9 Å². The van der Waals surface area contributed by atoms with E-state index < -0.39 is 0 Å². The van der Waals surface area contributed by atoms with Crippen LogP contribution < -0.4 is 5.32 Å². The SMILES string of the molecule is O=C(NC1CCN([C@@H]2CCOC2)CC1)c1c(Cl)cccc1Cl. The molecule has 1 aromatic rings. The molecule has 2 saturated heterocycles. The summed E-state index contributed by atoms with van der Waals surface area (Å²) in [7, 11) is 0. The number of benzene rings is 1. The van der Waals surface area contributed by atoms with E-state index in [1.165, 1.54) is 0 Å². The fourth-order valence-electron chi connectivity index (χ4n) is 3.19. The summed E-state index contributed by atoms with van der Waals surface area (Å²) in [6.45, 7) is 3.70. The van der Waals surface area contributed by atoms with Crippen LogP contribution in [0.15, 0.2) is 18.2 Å². The predicted molar refractivity (Wildman–Crippen MR) is 87.7 cm³/mol. The van der Waals surface area contributed by atoms with Crippen LogP contribution in [0, 0.1) is 0 Å². The van der Waals surface area contributed by atoms with Crippen LogP contribution in [0.4, 0.5) is 0 Å². The predicted octanol–water partition coefficient (Wildman–Crippen LogP) is 2.98. The Kier molecular flexibility index (Phi) is 5.24. The molecular formula is C16H20Cl2N2O2. The minimum atomic E-state index is -0.182. The maximum Gasteiger partial charge on any atom is 0.254 e. The van der Waals surface area contributed by atoms with Gasteiger partial charge in [-0.05, 0) is 31.4 Å². The standard InChI is InChI=1S/C16H20Cl2N2O2/c17-13-2-1-3-14(18)15(13)16(21)19-11-4-7-20(8-5-11)12-6-9-22-10-12/h1-3,11-12H,4-10H2,(H,19,21)/t12-/m1/s1. The number of nitrogens with zero attached hydrogens (tertiary/aromatic N) is 1. The van der Waals surface area contributed by atoms with Gasteiger partial charge in [-0.2, -0.15) is 0 Å². The molecule has 0 spiro atoms. The quantitative estimate of drug-likeness (QED) is 0.917. The number of hydrogen-bond acceptors (Lipinski definition) is 3. The number of nitrogens with one attached hydrogen (secondary N) is 1. The van der Waals surface area contributed by atoms with Crippen molar-refractivity contribution in [1.29, 1.82) is 0 Å². The maximum absolute atomic E-state index is 12.4. The number of likely N-dealkylation sites (tertiary alicyclic amines) is 1. The van der Waals surface area contributed by atoms with E-state index in [2.05, 4.69) is 10.2 Å². The van der Waals surface area contributed by atoms with Crippen molar-refractivity contribution >= 4 is 29.1 Å². The van der Waals surface area contributed by atoms with E-state index in [0.29, 0.717) is 21.7 Å². The molecule has 22 heavy (non-hydrogen) atoms. The second-order valence-electron chi connectivity index (χ2n) is 5.90. The van der Waals surface area contributed by atoms with Crippen molar-refractivity contribution in [2.45, 2.75) is 31.3 Å². The molecule has 120 valence electrons. The normalized spacial score (nSPS) is 23.6. The topological polar surface area (TPSA) is 41.6 Å². The molecule has 1 N–H and O–H groups in total. The van der Waals surface area contributed by atoms with E-state index in [-0.39, 0.29) is 11.9 Å². The molecule has 1 amide bonds. The summed E-state index contributed by atoms with van der Waals surface area (Å²) >= 11 is 12.2. The Morgan fingerprint density at radius 1 is 1.18 bits per heavy atom. The third-order valence-corrected chi connectivity index (χ3v) is 5.11. The summed E-state index contributed by atoms with van der Waals surface area (Å²) in [5.74, 6) is -0.182. The van der Waals surface area contributed by atoms with Crippen LogP contribution in [0.5, 0.6) is 0 Å². The third kappa shape index (κ3) is 3.57. The number of ether oxygens (including phenoxy) is 1. The van der Waals surface area contributed by atoms with Gasteiger partial charge in [0.15, 0.2) is 0 Å². The van der Waals surface area contributed by atoms with Gasteiger partial charge < -0.3 is 10.1 Å². The smallest absolute Gasteiger partial charge is 0.254 e. The highest BCUT2D eigenvalue weighted by Gasteiger charge is 2.28. The van der Waals surface area contributed by atoms with E-state index in [1.54, 1.807) is 18.2 Å². The number of carbonyl (C=O) groups is 1. The van der Waals surface area contributed by atoms with Crippen molar-refractivity contribution in [2.24, 2.45) is 0 Å². The first-order chi connectivity index (χ1) is 10.6. The lowest BCUT2D eigenvalue weighted by Gasteiger charge is -2.35. The van der Waals surface area contributed by atoms with Crippen LogP contribution in [0.25, 0.3) is 0 Å². The maximum atomic E-state index is 12.4. The van der Waals surface area contributed by atoms with E-state index in [1.807, 2.05) is 0 Å². The van der Waals surface area contributed by atoms with Crippen molar-refractivity contribution in [2.75, 3.05) is 26.3 Å². The Labute approximate surface area is 140 Å². The molecule has 0 unspecified atom stereocenters. The van der Waals surface area contributed by atoms with Gasteiger partial charge in [0, 0.05) is 31.8 Å². The van der Waals surface area contributed by atoms with Gasteiger partial charge >= 0.3 is 0 Å². The van der Waals surface area contributed by atoms with E-state index >= 15 is 0 Å². The lowest BCUT2D eigenvalue weighted by Crippen LogP contribution is -2.48.